The van der Waals surface area contributed by atoms with Crippen LogP contribution in [0.3, 0.4) is 0 Å². The predicted octanol–water partition coefficient (Wildman–Crippen LogP) is 2.81. The lowest BCUT2D eigenvalue weighted by atomic mass is 10.2. The van der Waals surface area contributed by atoms with Crippen LogP contribution in [0.15, 0.2) is 22.8 Å². The van der Waals surface area contributed by atoms with Gasteiger partial charge in [-0.25, -0.2) is 0 Å². The predicted molar refractivity (Wildman–Crippen MR) is 57.3 cm³/mol. The number of aromatic nitrogens is 1. The smallest absolute Gasteiger partial charge is 0.144 e. The molecule has 1 aromatic carbocycles. The van der Waals surface area contributed by atoms with E-state index in [0.717, 1.165) is 21.1 Å². The average molecular weight is 251 g/mol. The van der Waals surface area contributed by atoms with Crippen LogP contribution in [-0.4, -0.2) is 12.1 Å². The fourth-order valence-electron chi connectivity index (χ4n) is 1.42. The number of fused-ring (bicyclic) bond motifs is 1. The minimum Gasteiger partial charge on any atom is -0.495 e. The number of hydrogen-bond donors (Lipinski definition) is 1. The highest BCUT2D eigenvalue weighted by Crippen LogP contribution is 2.30. The first kappa shape index (κ1) is 9.10. The van der Waals surface area contributed by atoms with Gasteiger partial charge in [0.05, 0.1) is 18.2 Å². The lowest BCUT2D eigenvalue weighted by Crippen LogP contribution is -1.84. The molecule has 0 spiro atoms. The molecule has 0 radical (unpaired) electrons. The van der Waals surface area contributed by atoms with E-state index in [2.05, 4.69) is 27.0 Å². The Balaban J connectivity index is 2.85. The van der Waals surface area contributed by atoms with Crippen molar-refractivity contribution in [2.24, 2.45) is 0 Å². The second-order valence-corrected chi connectivity index (χ2v) is 3.76. The standard InChI is InChI=1S/C10H7BrN2O/c1-14-9-3-7(11)2-8-6(4-12)5-13-10(8)9/h2-3,5,13H,1H3. The summed E-state index contributed by atoms with van der Waals surface area (Å²) in [6.45, 7) is 0. The van der Waals surface area contributed by atoms with Gasteiger partial charge in [-0.2, -0.15) is 5.26 Å². The Morgan fingerprint density at radius 2 is 2.29 bits per heavy atom. The highest BCUT2D eigenvalue weighted by molar-refractivity contribution is 9.10. The van der Waals surface area contributed by atoms with E-state index in [0.29, 0.717) is 5.56 Å². The van der Waals surface area contributed by atoms with Gasteiger partial charge in [-0.1, -0.05) is 15.9 Å². The van der Waals surface area contributed by atoms with Crippen LogP contribution in [-0.2, 0) is 0 Å². The normalized spacial score (nSPS) is 10.1. The fourth-order valence-corrected chi connectivity index (χ4v) is 1.86. The number of nitriles is 1. The third-order valence-corrected chi connectivity index (χ3v) is 2.52. The molecule has 0 saturated heterocycles. The summed E-state index contributed by atoms with van der Waals surface area (Å²) in [6, 6.07) is 5.88. The van der Waals surface area contributed by atoms with Crippen molar-refractivity contribution in [2.45, 2.75) is 0 Å². The molecule has 1 aromatic heterocycles. The van der Waals surface area contributed by atoms with E-state index in [1.54, 1.807) is 13.3 Å². The Morgan fingerprint density at radius 3 is 2.93 bits per heavy atom. The lowest BCUT2D eigenvalue weighted by Gasteiger charge is -2.02. The number of aromatic amines is 1. The number of halogens is 1. The fraction of sp³-hybridized carbons (Fsp3) is 0.100. The van der Waals surface area contributed by atoms with E-state index >= 15 is 0 Å². The van der Waals surface area contributed by atoms with E-state index in [1.807, 2.05) is 12.1 Å². The highest BCUT2D eigenvalue weighted by atomic mass is 79.9. The molecule has 2 aromatic rings. The second-order valence-electron chi connectivity index (χ2n) is 2.84. The quantitative estimate of drug-likeness (QED) is 0.847. The first-order valence-corrected chi connectivity index (χ1v) is 4.80. The molecular formula is C10H7BrN2O. The number of benzene rings is 1. The molecule has 0 saturated carbocycles. The third kappa shape index (κ3) is 1.26. The first-order chi connectivity index (χ1) is 6.76. The summed E-state index contributed by atoms with van der Waals surface area (Å²) in [5.74, 6) is 0.732. The Morgan fingerprint density at radius 1 is 1.50 bits per heavy atom. The summed E-state index contributed by atoms with van der Waals surface area (Å²) in [5.41, 5.74) is 1.48. The number of rotatable bonds is 1. The van der Waals surface area contributed by atoms with Crippen LogP contribution >= 0.6 is 15.9 Å². The summed E-state index contributed by atoms with van der Waals surface area (Å²) in [4.78, 5) is 3.02. The summed E-state index contributed by atoms with van der Waals surface area (Å²) in [6.07, 6.45) is 1.68. The highest BCUT2D eigenvalue weighted by Gasteiger charge is 2.08. The molecule has 14 heavy (non-hydrogen) atoms. The van der Waals surface area contributed by atoms with Gasteiger partial charge in [-0.15, -0.1) is 0 Å². The SMILES string of the molecule is COc1cc(Br)cc2c(C#N)c[nH]c12. The zero-order valence-electron chi connectivity index (χ0n) is 7.47. The van der Waals surface area contributed by atoms with E-state index < -0.39 is 0 Å². The molecule has 0 amide bonds. The van der Waals surface area contributed by atoms with Crippen molar-refractivity contribution in [1.82, 2.24) is 4.98 Å². The number of ether oxygens (including phenoxy) is 1. The van der Waals surface area contributed by atoms with Crippen LogP contribution in [0.5, 0.6) is 5.75 Å². The molecule has 0 atom stereocenters. The van der Waals surface area contributed by atoms with Crippen LogP contribution < -0.4 is 4.74 Å². The van der Waals surface area contributed by atoms with Crippen molar-refractivity contribution < 1.29 is 4.74 Å². The van der Waals surface area contributed by atoms with Crippen molar-refractivity contribution in [3.05, 3.63) is 28.4 Å². The Bertz CT molecular complexity index is 525. The number of nitrogens with zero attached hydrogens (tertiary/aromatic N) is 1. The molecule has 0 unspecified atom stereocenters. The summed E-state index contributed by atoms with van der Waals surface area (Å²) < 4.78 is 6.10. The van der Waals surface area contributed by atoms with Crippen LogP contribution in [0, 0.1) is 11.3 Å². The number of methoxy groups -OCH3 is 1. The van der Waals surface area contributed by atoms with Gasteiger partial charge in [0, 0.05) is 16.1 Å². The first-order valence-electron chi connectivity index (χ1n) is 4.01. The van der Waals surface area contributed by atoms with E-state index in [9.17, 15) is 0 Å². The Hall–Kier alpha value is -1.47. The molecule has 1 N–H and O–H groups in total. The van der Waals surface area contributed by atoms with Crippen molar-refractivity contribution in [1.29, 1.82) is 5.26 Å². The average Bonchev–Trinajstić information content (AvgIpc) is 2.59. The molecular weight excluding hydrogens is 244 g/mol. The topological polar surface area (TPSA) is 48.8 Å². The zero-order chi connectivity index (χ0) is 10.1. The molecule has 1 heterocycles. The third-order valence-electron chi connectivity index (χ3n) is 2.06. The maximum atomic E-state index is 8.85. The van der Waals surface area contributed by atoms with Crippen LogP contribution in [0.2, 0.25) is 0 Å². The second kappa shape index (κ2) is 3.35. The molecule has 0 fully saturated rings. The largest absolute Gasteiger partial charge is 0.495 e. The van der Waals surface area contributed by atoms with Gasteiger partial charge in [0.1, 0.15) is 11.8 Å². The van der Waals surface area contributed by atoms with Gasteiger partial charge >= 0.3 is 0 Å². The van der Waals surface area contributed by atoms with Gasteiger partial charge < -0.3 is 9.72 Å². The van der Waals surface area contributed by atoms with Gasteiger partial charge in [0.25, 0.3) is 0 Å². The zero-order valence-corrected chi connectivity index (χ0v) is 9.05. The van der Waals surface area contributed by atoms with Crippen molar-refractivity contribution in [2.75, 3.05) is 7.11 Å². The van der Waals surface area contributed by atoms with Gasteiger partial charge in [-0.3, -0.25) is 0 Å². The Kier molecular flexibility index (Phi) is 2.18. The Labute approximate surface area is 89.4 Å². The molecule has 0 bridgehead atoms. The molecule has 0 aliphatic heterocycles. The van der Waals surface area contributed by atoms with Crippen LogP contribution in [0.1, 0.15) is 5.56 Å². The van der Waals surface area contributed by atoms with Crippen LogP contribution in [0.25, 0.3) is 10.9 Å². The molecule has 4 heteroatoms. The minimum atomic E-state index is 0.625. The van der Waals surface area contributed by atoms with E-state index in [4.69, 9.17) is 10.00 Å². The van der Waals surface area contributed by atoms with Gasteiger partial charge in [0.2, 0.25) is 0 Å². The maximum absolute atomic E-state index is 8.85. The summed E-state index contributed by atoms with van der Waals surface area (Å²) in [5, 5.41) is 9.73. The summed E-state index contributed by atoms with van der Waals surface area (Å²) >= 11 is 3.37. The van der Waals surface area contributed by atoms with Crippen molar-refractivity contribution in [3.63, 3.8) is 0 Å². The lowest BCUT2D eigenvalue weighted by molar-refractivity contribution is 0.419. The summed E-state index contributed by atoms with van der Waals surface area (Å²) in [7, 11) is 1.61. The molecule has 70 valence electrons. The molecule has 3 nitrogen and oxygen atoms in total. The van der Waals surface area contributed by atoms with E-state index in [1.165, 1.54) is 0 Å². The number of H-pyrrole nitrogens is 1. The molecule has 0 aliphatic rings. The van der Waals surface area contributed by atoms with E-state index in [-0.39, 0.29) is 0 Å². The van der Waals surface area contributed by atoms with Crippen molar-refractivity contribution >= 4 is 26.8 Å². The number of nitrogens with one attached hydrogen (secondary N) is 1. The maximum Gasteiger partial charge on any atom is 0.144 e. The monoisotopic (exact) mass is 250 g/mol. The molecule has 0 aliphatic carbocycles. The van der Waals surface area contributed by atoms with Crippen molar-refractivity contribution in [3.8, 4) is 11.8 Å². The van der Waals surface area contributed by atoms with Crippen LogP contribution in [0.4, 0.5) is 0 Å². The van der Waals surface area contributed by atoms with Gasteiger partial charge in [0.15, 0.2) is 0 Å². The number of hydrogen-bond acceptors (Lipinski definition) is 2. The van der Waals surface area contributed by atoms with Gasteiger partial charge in [-0.05, 0) is 12.1 Å². The minimum absolute atomic E-state index is 0.625. The molecule has 2 rings (SSSR count).